The van der Waals surface area contributed by atoms with Crippen LogP contribution in [0.1, 0.15) is 33.6 Å². The molecule has 17 heavy (non-hydrogen) atoms. The van der Waals surface area contributed by atoms with Gasteiger partial charge in [-0.25, -0.2) is 0 Å². The highest BCUT2D eigenvalue weighted by atomic mass is 15.2. The minimum atomic E-state index is 0.256. The van der Waals surface area contributed by atoms with E-state index in [1.54, 1.807) is 0 Å². The van der Waals surface area contributed by atoms with Crippen LogP contribution in [-0.2, 0) is 0 Å². The van der Waals surface area contributed by atoms with E-state index in [1.807, 2.05) is 0 Å². The number of hydrogen-bond acceptors (Lipinski definition) is 3. The number of piperidine rings is 1. The molecule has 100 valence electrons. The van der Waals surface area contributed by atoms with Crippen molar-refractivity contribution in [3.8, 4) is 0 Å². The van der Waals surface area contributed by atoms with Crippen molar-refractivity contribution in [2.45, 2.75) is 39.7 Å². The Hall–Kier alpha value is -0.120. The largest absolute Gasteiger partial charge is 0.330 e. The van der Waals surface area contributed by atoms with E-state index in [1.165, 1.54) is 39.0 Å². The summed E-state index contributed by atoms with van der Waals surface area (Å²) in [4.78, 5) is 5.32. The topological polar surface area (TPSA) is 32.5 Å². The number of hydrogen-bond donors (Lipinski definition) is 1. The van der Waals surface area contributed by atoms with Gasteiger partial charge in [-0.05, 0) is 50.4 Å². The second-order valence-corrected chi connectivity index (χ2v) is 6.64. The van der Waals surface area contributed by atoms with Crippen molar-refractivity contribution >= 4 is 0 Å². The van der Waals surface area contributed by atoms with Gasteiger partial charge >= 0.3 is 0 Å². The first-order chi connectivity index (χ1) is 8.05. The van der Waals surface area contributed by atoms with Crippen molar-refractivity contribution in [1.82, 2.24) is 9.80 Å². The third-order valence-corrected chi connectivity index (χ3v) is 4.65. The average Bonchev–Trinajstić information content (AvgIpc) is 2.69. The molecule has 3 atom stereocenters. The van der Waals surface area contributed by atoms with Gasteiger partial charge in [0.05, 0.1) is 0 Å². The molecule has 0 aromatic heterocycles. The molecule has 0 aromatic carbocycles. The zero-order valence-corrected chi connectivity index (χ0v) is 11.8. The maximum Gasteiger partial charge on any atom is 0.0148 e. The highest BCUT2D eigenvalue weighted by molar-refractivity contribution is 4.93. The molecule has 2 fully saturated rings. The summed E-state index contributed by atoms with van der Waals surface area (Å²) in [5, 5.41) is 0. The first-order valence-electron chi connectivity index (χ1n) is 7.22. The number of fused-ring (bicyclic) bond motifs is 2. The molecule has 2 saturated heterocycles. The van der Waals surface area contributed by atoms with E-state index in [0.29, 0.717) is 0 Å². The van der Waals surface area contributed by atoms with Gasteiger partial charge in [0.25, 0.3) is 0 Å². The highest BCUT2D eigenvalue weighted by Crippen LogP contribution is 2.32. The monoisotopic (exact) mass is 239 g/mol. The van der Waals surface area contributed by atoms with Crippen LogP contribution in [0.5, 0.6) is 0 Å². The third kappa shape index (κ3) is 3.01. The molecular formula is C14H29N3. The summed E-state index contributed by atoms with van der Waals surface area (Å²) in [7, 11) is 0. The Kier molecular flexibility index (Phi) is 4.11. The number of rotatable bonds is 5. The normalized spacial score (nSPS) is 33.4. The molecule has 0 amide bonds. The summed E-state index contributed by atoms with van der Waals surface area (Å²) in [6.45, 7) is 14.0. The Bertz CT molecular complexity index is 252. The van der Waals surface area contributed by atoms with Gasteiger partial charge in [0, 0.05) is 19.1 Å². The van der Waals surface area contributed by atoms with E-state index in [0.717, 1.165) is 25.0 Å². The Labute approximate surface area is 106 Å². The van der Waals surface area contributed by atoms with Crippen molar-refractivity contribution in [3.63, 3.8) is 0 Å². The predicted octanol–water partition coefficient (Wildman–Crippen LogP) is 1.39. The van der Waals surface area contributed by atoms with Gasteiger partial charge in [0.1, 0.15) is 0 Å². The smallest absolute Gasteiger partial charge is 0.0148 e. The Morgan fingerprint density at radius 3 is 2.65 bits per heavy atom. The fourth-order valence-corrected chi connectivity index (χ4v) is 3.49. The molecule has 0 spiro atoms. The molecule has 3 nitrogen and oxygen atoms in total. The maximum absolute atomic E-state index is 5.88. The van der Waals surface area contributed by atoms with Crippen LogP contribution in [0.4, 0.5) is 0 Å². The fourth-order valence-electron chi connectivity index (χ4n) is 3.49. The lowest BCUT2D eigenvalue weighted by atomic mass is 9.88. The SMILES string of the molecule is CCN(CC(C)(C)CN)C1CCN2CCC1C2. The van der Waals surface area contributed by atoms with Gasteiger partial charge in [-0.15, -0.1) is 0 Å². The van der Waals surface area contributed by atoms with Crippen LogP contribution >= 0.6 is 0 Å². The van der Waals surface area contributed by atoms with Gasteiger partial charge in [-0.1, -0.05) is 20.8 Å². The van der Waals surface area contributed by atoms with E-state index in [-0.39, 0.29) is 5.41 Å². The Balaban J connectivity index is 1.98. The molecule has 2 aliphatic rings. The maximum atomic E-state index is 5.88. The summed E-state index contributed by atoms with van der Waals surface area (Å²) in [6, 6.07) is 0.810. The van der Waals surface area contributed by atoms with E-state index < -0.39 is 0 Å². The molecule has 2 rings (SSSR count). The minimum Gasteiger partial charge on any atom is -0.330 e. The summed E-state index contributed by atoms with van der Waals surface area (Å²) < 4.78 is 0. The highest BCUT2D eigenvalue weighted by Gasteiger charge is 2.37. The van der Waals surface area contributed by atoms with Gasteiger partial charge in [0.2, 0.25) is 0 Å². The van der Waals surface area contributed by atoms with Crippen LogP contribution < -0.4 is 5.73 Å². The molecule has 3 unspecified atom stereocenters. The first kappa shape index (κ1) is 13.3. The van der Waals surface area contributed by atoms with Crippen LogP contribution in [0.25, 0.3) is 0 Å². The molecule has 2 heterocycles. The van der Waals surface area contributed by atoms with Crippen LogP contribution in [0.2, 0.25) is 0 Å². The zero-order valence-electron chi connectivity index (χ0n) is 11.8. The second kappa shape index (κ2) is 5.25. The van der Waals surface area contributed by atoms with E-state index in [9.17, 15) is 0 Å². The molecule has 2 N–H and O–H groups in total. The van der Waals surface area contributed by atoms with Crippen molar-refractivity contribution in [3.05, 3.63) is 0 Å². The zero-order chi connectivity index (χ0) is 12.5. The Morgan fingerprint density at radius 1 is 1.29 bits per heavy atom. The number of nitrogens with zero attached hydrogens (tertiary/aromatic N) is 2. The molecule has 0 aromatic rings. The van der Waals surface area contributed by atoms with E-state index in [2.05, 4.69) is 30.6 Å². The molecular weight excluding hydrogens is 210 g/mol. The van der Waals surface area contributed by atoms with Gasteiger partial charge in [-0.2, -0.15) is 0 Å². The van der Waals surface area contributed by atoms with Gasteiger partial charge in [-0.3, -0.25) is 4.90 Å². The fraction of sp³-hybridized carbons (Fsp3) is 1.00. The van der Waals surface area contributed by atoms with E-state index >= 15 is 0 Å². The quantitative estimate of drug-likeness (QED) is 0.787. The van der Waals surface area contributed by atoms with Crippen LogP contribution in [0.15, 0.2) is 0 Å². The third-order valence-electron chi connectivity index (χ3n) is 4.65. The molecule has 3 heteroatoms. The van der Waals surface area contributed by atoms with Crippen LogP contribution in [0, 0.1) is 11.3 Å². The summed E-state index contributed by atoms with van der Waals surface area (Å²) in [5.41, 5.74) is 6.14. The van der Waals surface area contributed by atoms with Crippen molar-refractivity contribution in [1.29, 1.82) is 0 Å². The first-order valence-corrected chi connectivity index (χ1v) is 7.22. The standard InChI is InChI=1S/C14H29N3/c1-4-17(11-14(2,3)10-15)13-6-8-16-7-5-12(13)9-16/h12-13H,4-11,15H2,1-3H3. The molecule has 0 saturated carbocycles. The molecule has 0 radical (unpaired) electrons. The minimum absolute atomic E-state index is 0.256. The average molecular weight is 239 g/mol. The summed E-state index contributed by atoms with van der Waals surface area (Å²) >= 11 is 0. The number of nitrogens with two attached hydrogens (primary N) is 1. The van der Waals surface area contributed by atoms with Crippen LogP contribution in [0.3, 0.4) is 0 Å². The van der Waals surface area contributed by atoms with Crippen molar-refractivity contribution in [2.24, 2.45) is 17.1 Å². The predicted molar refractivity (Wildman–Crippen MR) is 73.0 cm³/mol. The Morgan fingerprint density at radius 2 is 2.00 bits per heavy atom. The summed E-state index contributed by atoms with van der Waals surface area (Å²) in [5.74, 6) is 0.914. The molecule has 2 bridgehead atoms. The second-order valence-electron chi connectivity index (χ2n) is 6.64. The molecule has 2 aliphatic heterocycles. The van der Waals surface area contributed by atoms with Crippen molar-refractivity contribution < 1.29 is 0 Å². The molecule has 0 aliphatic carbocycles. The van der Waals surface area contributed by atoms with Crippen molar-refractivity contribution in [2.75, 3.05) is 39.3 Å². The van der Waals surface area contributed by atoms with Crippen LogP contribution in [-0.4, -0.2) is 55.1 Å². The lowest BCUT2D eigenvalue weighted by Crippen LogP contribution is -2.50. The van der Waals surface area contributed by atoms with E-state index in [4.69, 9.17) is 5.73 Å². The lowest BCUT2D eigenvalue weighted by molar-refractivity contribution is 0.0724. The summed E-state index contributed by atoms with van der Waals surface area (Å²) in [6.07, 6.45) is 2.77. The van der Waals surface area contributed by atoms with Gasteiger partial charge in [0.15, 0.2) is 0 Å². The van der Waals surface area contributed by atoms with Gasteiger partial charge < -0.3 is 10.6 Å². The lowest BCUT2D eigenvalue weighted by Gasteiger charge is -2.42.